The van der Waals surface area contributed by atoms with Crippen LogP contribution in [-0.4, -0.2) is 4.57 Å². The number of aromatic nitrogens is 1. The third-order valence-electron chi connectivity index (χ3n) is 11.6. The number of rotatable bonds is 7. The Morgan fingerprint density at radius 2 is 0.724 bits per heavy atom. The highest BCUT2D eigenvalue weighted by Gasteiger charge is 2.19. The van der Waals surface area contributed by atoms with Gasteiger partial charge in [0.25, 0.3) is 0 Å². The molecule has 0 radical (unpaired) electrons. The lowest BCUT2D eigenvalue weighted by atomic mass is 9.98. The highest BCUT2D eigenvalue weighted by molar-refractivity contribution is 6.10. The van der Waals surface area contributed by atoms with Crippen LogP contribution in [0.25, 0.3) is 82.4 Å². The molecule has 0 unspecified atom stereocenters. The van der Waals surface area contributed by atoms with Gasteiger partial charge in [0.2, 0.25) is 0 Å². The van der Waals surface area contributed by atoms with E-state index in [0.29, 0.717) is 0 Å². The Morgan fingerprint density at radius 3 is 1.40 bits per heavy atom. The summed E-state index contributed by atoms with van der Waals surface area (Å²) < 4.78 is 2.40. The maximum atomic E-state index is 2.42. The highest BCUT2D eigenvalue weighted by Crippen LogP contribution is 2.43. The molecule has 0 spiro atoms. The van der Waals surface area contributed by atoms with Crippen molar-refractivity contribution in [3.63, 3.8) is 0 Å². The molecule has 1 heterocycles. The zero-order valence-electron chi connectivity index (χ0n) is 31.8. The molecule has 0 aliphatic carbocycles. The quantitative estimate of drug-likeness (QED) is 0.158. The average Bonchev–Trinajstić information content (AvgIpc) is 3.63. The molecule has 11 aromatic rings. The first kappa shape index (κ1) is 33.6. The molecule has 0 fully saturated rings. The van der Waals surface area contributed by atoms with E-state index in [0.717, 1.165) is 22.7 Å². The van der Waals surface area contributed by atoms with Crippen molar-refractivity contribution < 1.29 is 0 Å². The summed E-state index contributed by atoms with van der Waals surface area (Å²) in [4.78, 5) is 2.42. The van der Waals surface area contributed by atoms with Gasteiger partial charge in [-0.05, 0) is 92.7 Å². The summed E-state index contributed by atoms with van der Waals surface area (Å²) in [6, 6.07) is 83.7. The van der Waals surface area contributed by atoms with E-state index < -0.39 is 0 Å². The van der Waals surface area contributed by atoms with E-state index in [1.54, 1.807) is 0 Å². The number of hydrogen-bond donors (Lipinski definition) is 0. The third-order valence-corrected chi connectivity index (χ3v) is 11.6. The lowest BCUT2D eigenvalue weighted by Crippen LogP contribution is -2.11. The van der Waals surface area contributed by atoms with Gasteiger partial charge in [-0.25, -0.2) is 0 Å². The highest BCUT2D eigenvalue weighted by atomic mass is 15.1. The fourth-order valence-corrected chi connectivity index (χ4v) is 8.76. The van der Waals surface area contributed by atoms with Gasteiger partial charge in [0.15, 0.2) is 0 Å². The van der Waals surface area contributed by atoms with Crippen molar-refractivity contribution in [1.29, 1.82) is 0 Å². The molecule has 11 rings (SSSR count). The van der Waals surface area contributed by atoms with Gasteiger partial charge in [-0.1, -0.05) is 182 Å². The van der Waals surface area contributed by atoms with Gasteiger partial charge in [0, 0.05) is 32.9 Å². The number of para-hydroxylation sites is 1. The van der Waals surface area contributed by atoms with E-state index in [1.165, 1.54) is 76.7 Å². The average molecular weight is 739 g/mol. The summed E-state index contributed by atoms with van der Waals surface area (Å²) in [7, 11) is 0. The number of anilines is 3. The molecule has 10 aromatic carbocycles. The van der Waals surface area contributed by atoms with E-state index in [1.807, 2.05) is 0 Å². The third kappa shape index (κ3) is 5.82. The summed E-state index contributed by atoms with van der Waals surface area (Å²) >= 11 is 0. The van der Waals surface area contributed by atoms with Crippen molar-refractivity contribution in [2.45, 2.75) is 0 Å². The minimum Gasteiger partial charge on any atom is -0.309 e. The van der Waals surface area contributed by atoms with Crippen molar-refractivity contribution in [3.05, 3.63) is 231 Å². The van der Waals surface area contributed by atoms with E-state index >= 15 is 0 Å². The Bertz CT molecular complexity index is 3180. The minimum atomic E-state index is 1.12. The van der Waals surface area contributed by atoms with E-state index in [4.69, 9.17) is 0 Å². The van der Waals surface area contributed by atoms with Crippen LogP contribution in [-0.2, 0) is 0 Å². The van der Waals surface area contributed by atoms with Crippen molar-refractivity contribution in [3.8, 4) is 39.1 Å². The van der Waals surface area contributed by atoms with Gasteiger partial charge < -0.3 is 9.47 Å². The lowest BCUT2D eigenvalue weighted by Gasteiger charge is -2.28. The molecule has 0 atom stereocenters. The van der Waals surface area contributed by atoms with Gasteiger partial charge in [-0.3, -0.25) is 0 Å². The molecule has 2 nitrogen and oxygen atoms in total. The zero-order chi connectivity index (χ0) is 38.4. The maximum Gasteiger partial charge on any atom is 0.0547 e. The summed E-state index contributed by atoms with van der Waals surface area (Å²) in [6.07, 6.45) is 0. The van der Waals surface area contributed by atoms with Gasteiger partial charge in [-0.2, -0.15) is 0 Å². The number of fused-ring (bicyclic) bond motifs is 5. The molecule has 58 heavy (non-hydrogen) atoms. The Morgan fingerprint density at radius 1 is 0.276 bits per heavy atom. The first-order chi connectivity index (χ1) is 28.8. The van der Waals surface area contributed by atoms with E-state index in [2.05, 4.69) is 240 Å². The normalized spacial score (nSPS) is 11.4. The SMILES string of the molecule is c1ccc(-c2ccc(-n3c4ccccc4c4ccc(-c5ccc(-c6cccc(N(c7cccc8ccccc78)c7cccc8ccccc78)c6)cc5)cc43)cc2)cc1. The number of benzene rings is 10. The van der Waals surface area contributed by atoms with Crippen LogP contribution in [0.2, 0.25) is 0 Å². The second-order valence-corrected chi connectivity index (χ2v) is 15.0. The Labute approximate surface area is 338 Å². The van der Waals surface area contributed by atoms with Crippen LogP contribution in [0.5, 0.6) is 0 Å². The van der Waals surface area contributed by atoms with Gasteiger partial charge in [-0.15, -0.1) is 0 Å². The molecule has 0 aliphatic rings. The lowest BCUT2D eigenvalue weighted by molar-refractivity contribution is 1.18. The van der Waals surface area contributed by atoms with Crippen molar-refractivity contribution >= 4 is 60.4 Å². The molecule has 0 bridgehead atoms. The largest absolute Gasteiger partial charge is 0.309 e. The summed E-state index contributed by atoms with van der Waals surface area (Å²) in [6.45, 7) is 0. The molecule has 0 saturated heterocycles. The first-order valence-electron chi connectivity index (χ1n) is 19.9. The Balaban J connectivity index is 0.979. The van der Waals surface area contributed by atoms with Gasteiger partial charge >= 0.3 is 0 Å². The summed E-state index contributed by atoms with van der Waals surface area (Å²) in [5.41, 5.74) is 14.1. The Hall–Kier alpha value is -7.68. The van der Waals surface area contributed by atoms with Crippen molar-refractivity contribution in [1.82, 2.24) is 4.57 Å². The predicted molar refractivity (Wildman–Crippen MR) is 247 cm³/mol. The fourth-order valence-electron chi connectivity index (χ4n) is 8.76. The zero-order valence-corrected chi connectivity index (χ0v) is 31.8. The fraction of sp³-hybridized carbons (Fsp3) is 0. The molecule has 272 valence electrons. The molecule has 1 aromatic heterocycles. The van der Waals surface area contributed by atoms with Crippen molar-refractivity contribution in [2.75, 3.05) is 4.90 Å². The molecule has 0 saturated carbocycles. The molecule has 0 aliphatic heterocycles. The second kappa shape index (κ2) is 14.1. The molecular formula is C56H38N2. The molecule has 2 heteroatoms. The number of nitrogens with zero attached hydrogens (tertiary/aromatic N) is 2. The van der Waals surface area contributed by atoms with Crippen molar-refractivity contribution in [2.24, 2.45) is 0 Å². The van der Waals surface area contributed by atoms with Crippen LogP contribution in [0, 0.1) is 0 Å². The van der Waals surface area contributed by atoms with Crippen LogP contribution >= 0.6 is 0 Å². The van der Waals surface area contributed by atoms with Gasteiger partial charge in [0.05, 0.1) is 22.4 Å². The first-order valence-corrected chi connectivity index (χ1v) is 19.9. The van der Waals surface area contributed by atoms with Crippen LogP contribution in [0.1, 0.15) is 0 Å². The van der Waals surface area contributed by atoms with Crippen LogP contribution in [0.4, 0.5) is 17.1 Å². The Kier molecular flexibility index (Phi) is 8.19. The molecule has 0 N–H and O–H groups in total. The number of hydrogen-bond acceptors (Lipinski definition) is 1. The molecule has 0 amide bonds. The minimum absolute atomic E-state index is 1.12. The summed E-state index contributed by atoms with van der Waals surface area (Å²) in [5.74, 6) is 0. The maximum absolute atomic E-state index is 2.42. The van der Waals surface area contributed by atoms with Crippen LogP contribution < -0.4 is 4.90 Å². The van der Waals surface area contributed by atoms with Crippen LogP contribution in [0.3, 0.4) is 0 Å². The smallest absolute Gasteiger partial charge is 0.0547 e. The monoisotopic (exact) mass is 738 g/mol. The topological polar surface area (TPSA) is 8.17 Å². The van der Waals surface area contributed by atoms with Crippen LogP contribution in [0.15, 0.2) is 231 Å². The van der Waals surface area contributed by atoms with E-state index in [-0.39, 0.29) is 0 Å². The summed E-state index contributed by atoms with van der Waals surface area (Å²) in [5, 5.41) is 7.38. The second-order valence-electron chi connectivity index (χ2n) is 15.0. The predicted octanol–water partition coefficient (Wildman–Crippen LogP) is 15.6. The molecular weight excluding hydrogens is 701 g/mol. The standard InChI is InChI=1S/C56H38N2/c1-2-13-39(14-3-1)40-31-34-47(35-32-40)57-55-24-9-8-23-51(55)52-36-33-46(38-56(52)57)42-29-27-41(28-30-42)45-19-10-20-48(37-45)58(53-25-11-17-43-15-4-6-21-49(43)53)54-26-12-18-44-16-5-7-22-50(44)54/h1-38H. The van der Waals surface area contributed by atoms with Gasteiger partial charge in [0.1, 0.15) is 0 Å². The van der Waals surface area contributed by atoms with E-state index in [9.17, 15) is 0 Å².